The van der Waals surface area contributed by atoms with Crippen LogP contribution in [0.1, 0.15) is 17.0 Å². The Morgan fingerprint density at radius 3 is 2.68 bits per heavy atom. The SMILES string of the molecule is N=C1C=CC2C(=C1)Oc1cc(N)ccc1C2c1ccccc1. The van der Waals surface area contributed by atoms with Gasteiger partial charge in [-0.25, -0.2) is 0 Å². The summed E-state index contributed by atoms with van der Waals surface area (Å²) >= 11 is 0. The lowest BCUT2D eigenvalue weighted by atomic mass is 9.76. The molecule has 1 aliphatic carbocycles. The predicted molar refractivity (Wildman–Crippen MR) is 88.2 cm³/mol. The molecule has 0 aromatic heterocycles. The van der Waals surface area contributed by atoms with Gasteiger partial charge in [0.05, 0.1) is 5.71 Å². The Hall–Kier alpha value is -2.81. The van der Waals surface area contributed by atoms with Crippen LogP contribution in [-0.2, 0) is 0 Å². The third-order valence-electron chi connectivity index (χ3n) is 4.23. The number of nitrogens with two attached hydrogens (primary N) is 1. The first-order chi connectivity index (χ1) is 10.7. The molecule has 0 radical (unpaired) electrons. The molecule has 3 nitrogen and oxygen atoms in total. The molecule has 2 aliphatic rings. The van der Waals surface area contributed by atoms with Crippen molar-refractivity contribution in [2.45, 2.75) is 5.92 Å². The highest BCUT2D eigenvalue weighted by Crippen LogP contribution is 2.47. The van der Waals surface area contributed by atoms with Gasteiger partial charge >= 0.3 is 0 Å². The van der Waals surface area contributed by atoms with Crippen LogP contribution in [0.15, 0.2) is 72.5 Å². The van der Waals surface area contributed by atoms with Crippen molar-refractivity contribution in [2.24, 2.45) is 5.92 Å². The minimum atomic E-state index is 0.118. The van der Waals surface area contributed by atoms with Crippen LogP contribution in [0.25, 0.3) is 0 Å². The van der Waals surface area contributed by atoms with Crippen LogP contribution in [0.5, 0.6) is 5.75 Å². The van der Waals surface area contributed by atoms with Gasteiger partial charge in [0.15, 0.2) is 0 Å². The van der Waals surface area contributed by atoms with E-state index in [0.29, 0.717) is 11.4 Å². The highest BCUT2D eigenvalue weighted by atomic mass is 16.5. The van der Waals surface area contributed by atoms with Gasteiger partial charge in [-0.1, -0.05) is 42.5 Å². The van der Waals surface area contributed by atoms with Gasteiger partial charge in [-0.2, -0.15) is 0 Å². The fourth-order valence-corrected chi connectivity index (χ4v) is 3.24. The average molecular weight is 288 g/mol. The molecule has 3 N–H and O–H groups in total. The number of benzene rings is 2. The van der Waals surface area contributed by atoms with Crippen molar-refractivity contribution in [1.29, 1.82) is 5.41 Å². The standard InChI is InChI=1S/C19H16N2O/c20-13-6-8-15-17(10-13)22-18-11-14(21)7-9-16(18)19(15)12-4-2-1-3-5-12/h1-11,15,19-20H,21H2. The largest absolute Gasteiger partial charge is 0.461 e. The van der Waals surface area contributed by atoms with E-state index < -0.39 is 0 Å². The van der Waals surface area contributed by atoms with Gasteiger partial charge in [0, 0.05) is 35.2 Å². The predicted octanol–water partition coefficient (Wildman–Crippen LogP) is 3.88. The van der Waals surface area contributed by atoms with Crippen LogP contribution < -0.4 is 10.5 Å². The first-order valence-electron chi connectivity index (χ1n) is 7.33. The van der Waals surface area contributed by atoms with E-state index in [9.17, 15) is 0 Å². The number of rotatable bonds is 1. The zero-order valence-corrected chi connectivity index (χ0v) is 12.0. The molecule has 0 amide bonds. The lowest BCUT2D eigenvalue weighted by molar-refractivity contribution is 0.325. The van der Waals surface area contributed by atoms with Gasteiger partial charge in [-0.05, 0) is 17.7 Å². The minimum absolute atomic E-state index is 0.118. The summed E-state index contributed by atoms with van der Waals surface area (Å²) in [7, 11) is 0. The Morgan fingerprint density at radius 1 is 1.05 bits per heavy atom. The fraction of sp³-hybridized carbons (Fsp3) is 0.105. The molecular formula is C19H16N2O. The third-order valence-corrected chi connectivity index (χ3v) is 4.23. The molecule has 3 heteroatoms. The van der Waals surface area contributed by atoms with Gasteiger partial charge < -0.3 is 15.9 Å². The molecule has 2 atom stereocenters. The van der Waals surface area contributed by atoms with E-state index in [1.54, 1.807) is 6.08 Å². The quantitative estimate of drug-likeness (QED) is 0.782. The van der Waals surface area contributed by atoms with E-state index in [0.717, 1.165) is 17.1 Å². The first kappa shape index (κ1) is 12.9. The van der Waals surface area contributed by atoms with Gasteiger partial charge in [0.2, 0.25) is 0 Å². The number of hydrogen-bond acceptors (Lipinski definition) is 3. The highest BCUT2D eigenvalue weighted by molar-refractivity contribution is 6.03. The summed E-state index contributed by atoms with van der Waals surface area (Å²) in [6.07, 6.45) is 5.71. The monoisotopic (exact) mass is 288 g/mol. The van der Waals surface area contributed by atoms with Gasteiger partial charge in [-0.15, -0.1) is 0 Å². The summed E-state index contributed by atoms with van der Waals surface area (Å²) in [4.78, 5) is 0. The fourth-order valence-electron chi connectivity index (χ4n) is 3.24. The summed E-state index contributed by atoms with van der Waals surface area (Å²) in [6.45, 7) is 0. The van der Waals surface area contributed by atoms with Crippen molar-refractivity contribution < 1.29 is 4.74 Å². The van der Waals surface area contributed by atoms with Crippen LogP contribution in [-0.4, -0.2) is 5.71 Å². The maximum absolute atomic E-state index is 7.84. The number of ether oxygens (including phenoxy) is 1. The van der Waals surface area contributed by atoms with E-state index in [-0.39, 0.29) is 11.8 Å². The Labute approximate surface area is 129 Å². The molecule has 0 bridgehead atoms. The lowest BCUT2D eigenvalue weighted by Gasteiger charge is -2.35. The summed E-state index contributed by atoms with van der Waals surface area (Å²) in [5, 5.41) is 7.84. The van der Waals surface area contributed by atoms with Crippen molar-refractivity contribution in [1.82, 2.24) is 0 Å². The smallest absolute Gasteiger partial charge is 0.132 e. The zero-order chi connectivity index (χ0) is 15.1. The Bertz CT molecular complexity index is 805. The Morgan fingerprint density at radius 2 is 1.86 bits per heavy atom. The molecule has 108 valence electrons. The van der Waals surface area contributed by atoms with Gasteiger partial charge in [0.25, 0.3) is 0 Å². The van der Waals surface area contributed by atoms with E-state index in [1.807, 2.05) is 30.3 Å². The maximum atomic E-state index is 7.84. The molecule has 0 saturated carbocycles. The Balaban J connectivity index is 1.92. The number of nitrogens with one attached hydrogen (secondary N) is 1. The van der Waals surface area contributed by atoms with Crippen LogP contribution in [0, 0.1) is 11.3 Å². The molecular weight excluding hydrogens is 272 g/mol. The molecule has 22 heavy (non-hydrogen) atoms. The molecule has 2 aromatic rings. The number of nitrogen functional groups attached to an aromatic ring is 1. The van der Waals surface area contributed by atoms with Crippen LogP contribution in [0.4, 0.5) is 5.69 Å². The Kier molecular flexibility index (Phi) is 2.86. The van der Waals surface area contributed by atoms with Crippen molar-refractivity contribution in [3.05, 3.63) is 83.6 Å². The van der Waals surface area contributed by atoms with Gasteiger partial charge in [0.1, 0.15) is 11.5 Å². The van der Waals surface area contributed by atoms with E-state index in [4.69, 9.17) is 15.9 Å². The number of anilines is 1. The number of allylic oxidation sites excluding steroid dienone is 3. The average Bonchev–Trinajstić information content (AvgIpc) is 2.53. The summed E-state index contributed by atoms with van der Waals surface area (Å²) < 4.78 is 6.03. The zero-order valence-electron chi connectivity index (χ0n) is 12.0. The summed E-state index contributed by atoms with van der Waals surface area (Å²) in [5.74, 6) is 1.91. The van der Waals surface area contributed by atoms with Crippen molar-refractivity contribution in [3.8, 4) is 5.75 Å². The summed E-state index contributed by atoms with van der Waals surface area (Å²) in [5.41, 5.74) is 9.44. The second kappa shape index (κ2) is 4.88. The second-order valence-electron chi connectivity index (χ2n) is 5.67. The van der Waals surface area contributed by atoms with Crippen LogP contribution >= 0.6 is 0 Å². The molecule has 1 aliphatic heterocycles. The number of hydrogen-bond donors (Lipinski definition) is 2. The highest BCUT2D eigenvalue weighted by Gasteiger charge is 2.35. The van der Waals surface area contributed by atoms with E-state index >= 15 is 0 Å². The molecule has 1 heterocycles. The van der Waals surface area contributed by atoms with Crippen LogP contribution in [0.2, 0.25) is 0 Å². The molecule has 0 spiro atoms. The number of fused-ring (bicyclic) bond motifs is 2. The topological polar surface area (TPSA) is 59.1 Å². The normalized spacial score (nSPS) is 22.4. The molecule has 2 aromatic carbocycles. The molecule has 0 fully saturated rings. The first-order valence-corrected chi connectivity index (χ1v) is 7.33. The van der Waals surface area contributed by atoms with Gasteiger partial charge in [-0.3, -0.25) is 0 Å². The molecule has 2 unspecified atom stereocenters. The minimum Gasteiger partial charge on any atom is -0.461 e. The third kappa shape index (κ3) is 2.02. The molecule has 0 saturated heterocycles. The second-order valence-corrected chi connectivity index (χ2v) is 5.67. The van der Waals surface area contributed by atoms with E-state index in [2.05, 4.69) is 30.3 Å². The van der Waals surface area contributed by atoms with Crippen molar-refractivity contribution in [3.63, 3.8) is 0 Å². The summed E-state index contributed by atoms with van der Waals surface area (Å²) in [6, 6.07) is 16.2. The lowest BCUT2D eigenvalue weighted by Crippen LogP contribution is -2.26. The van der Waals surface area contributed by atoms with Crippen molar-refractivity contribution in [2.75, 3.05) is 5.73 Å². The van der Waals surface area contributed by atoms with Crippen LogP contribution in [0.3, 0.4) is 0 Å². The molecule has 4 rings (SSSR count). The van der Waals surface area contributed by atoms with Crippen molar-refractivity contribution >= 4 is 11.4 Å². The maximum Gasteiger partial charge on any atom is 0.132 e. The van der Waals surface area contributed by atoms with E-state index in [1.165, 1.54) is 5.56 Å².